The highest BCUT2D eigenvalue weighted by atomic mass is 35.5. The quantitative estimate of drug-likeness (QED) is 0.800. The summed E-state index contributed by atoms with van der Waals surface area (Å²) in [5, 5.41) is 3.53. The second kappa shape index (κ2) is 9.05. The van der Waals surface area contributed by atoms with Gasteiger partial charge in [-0.3, -0.25) is 9.59 Å². The molecule has 2 amide bonds. The fourth-order valence-electron chi connectivity index (χ4n) is 4.47. The molecule has 1 heterocycles. The molecule has 1 aromatic carbocycles. The molecule has 1 unspecified atom stereocenters. The largest absolute Gasteiger partial charge is 0.349 e. The summed E-state index contributed by atoms with van der Waals surface area (Å²) in [5.74, 6) is 0.356. The molecule has 6 heteroatoms. The summed E-state index contributed by atoms with van der Waals surface area (Å²) in [6.45, 7) is 3.03. The Morgan fingerprint density at radius 2 is 1.85 bits per heavy atom. The van der Waals surface area contributed by atoms with Crippen LogP contribution in [-0.2, 0) is 9.59 Å². The van der Waals surface area contributed by atoms with E-state index in [1.807, 2.05) is 4.90 Å². The van der Waals surface area contributed by atoms with Crippen LogP contribution in [0.1, 0.15) is 63.5 Å². The molecule has 4 nitrogen and oxygen atoms in total. The molecule has 3 rings (SSSR count). The van der Waals surface area contributed by atoms with Crippen molar-refractivity contribution in [1.82, 2.24) is 10.2 Å². The number of hydrogen-bond acceptors (Lipinski definition) is 2. The standard InChI is InChI=1S/C21H28ClFN2O2/c1-14(26)25-8-6-15(7-9-25)10-20(27)24-21(16-4-2-3-5-16)17-11-18(22)13-19(23)12-17/h11-13,15-16,21H,2-10H2,1H3,(H,24,27). The van der Waals surface area contributed by atoms with Crippen molar-refractivity contribution < 1.29 is 14.0 Å². The molecule has 1 aliphatic heterocycles. The normalized spacial score (nSPS) is 19.9. The molecule has 2 fully saturated rings. The summed E-state index contributed by atoms with van der Waals surface area (Å²) >= 11 is 6.05. The van der Waals surface area contributed by atoms with E-state index < -0.39 is 0 Å². The Bertz CT molecular complexity index is 663. The van der Waals surface area contributed by atoms with Crippen molar-refractivity contribution in [3.63, 3.8) is 0 Å². The van der Waals surface area contributed by atoms with Gasteiger partial charge in [-0.05, 0) is 61.3 Å². The number of carbonyl (C=O) groups is 2. The van der Waals surface area contributed by atoms with Gasteiger partial charge in [0.1, 0.15) is 5.82 Å². The zero-order chi connectivity index (χ0) is 19.4. The summed E-state index contributed by atoms with van der Waals surface area (Å²) in [6, 6.07) is 4.35. The third-order valence-electron chi connectivity index (χ3n) is 5.97. The lowest BCUT2D eigenvalue weighted by molar-refractivity contribution is -0.130. The van der Waals surface area contributed by atoms with Crippen molar-refractivity contribution in [2.45, 2.75) is 57.9 Å². The first-order valence-electron chi connectivity index (χ1n) is 9.93. The van der Waals surface area contributed by atoms with Crippen LogP contribution in [0.25, 0.3) is 0 Å². The molecule has 0 radical (unpaired) electrons. The number of carbonyl (C=O) groups excluding carboxylic acids is 2. The molecule has 0 aromatic heterocycles. The lowest BCUT2D eigenvalue weighted by Crippen LogP contribution is -2.39. The van der Waals surface area contributed by atoms with Gasteiger partial charge in [-0.1, -0.05) is 24.4 Å². The Hall–Kier alpha value is -1.62. The molecular formula is C21H28ClFN2O2. The molecule has 2 aliphatic rings. The van der Waals surface area contributed by atoms with Crippen LogP contribution in [0.15, 0.2) is 18.2 Å². The van der Waals surface area contributed by atoms with E-state index in [4.69, 9.17) is 11.6 Å². The predicted octanol–water partition coefficient (Wildman–Crippen LogP) is 4.48. The van der Waals surface area contributed by atoms with Gasteiger partial charge in [0.2, 0.25) is 11.8 Å². The SMILES string of the molecule is CC(=O)N1CCC(CC(=O)NC(c2cc(F)cc(Cl)c2)C2CCCC2)CC1. The molecule has 1 aliphatic carbocycles. The average Bonchev–Trinajstić information content (AvgIpc) is 3.13. The number of hydrogen-bond donors (Lipinski definition) is 1. The summed E-state index contributed by atoms with van der Waals surface area (Å²) in [4.78, 5) is 26.0. The van der Waals surface area contributed by atoms with Crippen molar-refractivity contribution in [2.75, 3.05) is 13.1 Å². The Morgan fingerprint density at radius 3 is 2.44 bits per heavy atom. The zero-order valence-corrected chi connectivity index (χ0v) is 16.6. The van der Waals surface area contributed by atoms with Gasteiger partial charge in [0.25, 0.3) is 0 Å². The lowest BCUT2D eigenvalue weighted by atomic mass is 9.90. The molecule has 1 N–H and O–H groups in total. The van der Waals surface area contributed by atoms with E-state index in [1.165, 1.54) is 12.1 Å². The minimum atomic E-state index is -0.369. The Kier molecular flexibility index (Phi) is 6.74. The number of amides is 2. The second-order valence-electron chi connectivity index (χ2n) is 7.95. The van der Waals surface area contributed by atoms with Crippen LogP contribution in [0.3, 0.4) is 0 Å². The summed E-state index contributed by atoms with van der Waals surface area (Å²) in [6.07, 6.45) is 6.52. The van der Waals surface area contributed by atoms with E-state index in [-0.39, 0.29) is 23.7 Å². The van der Waals surface area contributed by atoms with Gasteiger partial charge >= 0.3 is 0 Å². The Balaban J connectivity index is 1.63. The number of rotatable bonds is 5. The van der Waals surface area contributed by atoms with Crippen molar-refractivity contribution in [1.29, 1.82) is 0 Å². The van der Waals surface area contributed by atoms with E-state index in [1.54, 1.807) is 13.0 Å². The summed E-state index contributed by atoms with van der Waals surface area (Å²) in [7, 11) is 0. The lowest BCUT2D eigenvalue weighted by Gasteiger charge is -2.32. The average molecular weight is 395 g/mol. The van der Waals surface area contributed by atoms with E-state index in [9.17, 15) is 14.0 Å². The molecule has 0 bridgehead atoms. The molecule has 1 atom stereocenters. The third-order valence-corrected chi connectivity index (χ3v) is 6.18. The summed E-state index contributed by atoms with van der Waals surface area (Å²) in [5.41, 5.74) is 0.756. The first kappa shape index (κ1) is 20.1. The van der Waals surface area contributed by atoms with Crippen molar-refractivity contribution in [2.24, 2.45) is 11.8 Å². The second-order valence-corrected chi connectivity index (χ2v) is 8.38. The molecule has 148 valence electrons. The third kappa shape index (κ3) is 5.44. The Labute approximate surface area is 165 Å². The highest BCUT2D eigenvalue weighted by molar-refractivity contribution is 6.30. The van der Waals surface area contributed by atoms with Crippen molar-refractivity contribution in [3.8, 4) is 0 Å². The minimum absolute atomic E-state index is 0.00792. The van der Waals surface area contributed by atoms with Crippen LogP contribution in [0.4, 0.5) is 4.39 Å². The zero-order valence-electron chi connectivity index (χ0n) is 15.8. The van der Waals surface area contributed by atoms with E-state index in [2.05, 4.69) is 5.32 Å². The number of nitrogens with one attached hydrogen (secondary N) is 1. The van der Waals surface area contributed by atoms with Crippen molar-refractivity contribution >= 4 is 23.4 Å². The van der Waals surface area contributed by atoms with Crippen LogP contribution in [0, 0.1) is 17.7 Å². The maximum absolute atomic E-state index is 13.9. The van der Waals surface area contributed by atoms with Crippen molar-refractivity contribution in [3.05, 3.63) is 34.6 Å². The van der Waals surface area contributed by atoms with Gasteiger partial charge in [0, 0.05) is 31.5 Å². The fourth-order valence-corrected chi connectivity index (χ4v) is 4.70. The van der Waals surface area contributed by atoms with Crippen LogP contribution in [-0.4, -0.2) is 29.8 Å². The van der Waals surface area contributed by atoms with Gasteiger partial charge < -0.3 is 10.2 Å². The summed E-state index contributed by atoms with van der Waals surface area (Å²) < 4.78 is 13.9. The van der Waals surface area contributed by atoms with Crippen LogP contribution < -0.4 is 5.32 Å². The fraction of sp³-hybridized carbons (Fsp3) is 0.619. The Morgan fingerprint density at radius 1 is 1.19 bits per heavy atom. The van der Waals surface area contributed by atoms with Gasteiger partial charge in [-0.25, -0.2) is 4.39 Å². The number of benzene rings is 1. The van der Waals surface area contributed by atoms with Gasteiger partial charge in [0.15, 0.2) is 0 Å². The first-order valence-corrected chi connectivity index (χ1v) is 10.3. The number of likely N-dealkylation sites (tertiary alicyclic amines) is 1. The molecule has 0 spiro atoms. The maximum Gasteiger partial charge on any atom is 0.220 e. The van der Waals surface area contributed by atoms with Gasteiger partial charge in [-0.15, -0.1) is 0 Å². The molecule has 1 saturated heterocycles. The molecule has 27 heavy (non-hydrogen) atoms. The molecule has 1 aromatic rings. The first-order chi connectivity index (χ1) is 12.9. The number of halogens is 2. The number of piperidine rings is 1. The number of nitrogens with zero attached hydrogens (tertiary/aromatic N) is 1. The van der Waals surface area contributed by atoms with Gasteiger partial charge in [-0.2, -0.15) is 0 Å². The minimum Gasteiger partial charge on any atom is -0.349 e. The molecule has 1 saturated carbocycles. The van der Waals surface area contributed by atoms with E-state index in [0.717, 1.165) is 57.2 Å². The smallest absolute Gasteiger partial charge is 0.220 e. The predicted molar refractivity (Wildman–Crippen MR) is 104 cm³/mol. The maximum atomic E-state index is 13.9. The van der Waals surface area contributed by atoms with E-state index >= 15 is 0 Å². The molecular weight excluding hydrogens is 367 g/mol. The van der Waals surface area contributed by atoms with Gasteiger partial charge in [0.05, 0.1) is 6.04 Å². The highest BCUT2D eigenvalue weighted by Crippen LogP contribution is 2.37. The van der Waals surface area contributed by atoms with Crippen LogP contribution in [0.2, 0.25) is 5.02 Å². The van der Waals surface area contributed by atoms with E-state index in [0.29, 0.717) is 23.3 Å². The monoisotopic (exact) mass is 394 g/mol. The highest BCUT2D eigenvalue weighted by Gasteiger charge is 2.30. The van der Waals surface area contributed by atoms with Crippen LogP contribution >= 0.6 is 11.6 Å². The topological polar surface area (TPSA) is 49.4 Å². The van der Waals surface area contributed by atoms with Crippen LogP contribution in [0.5, 0.6) is 0 Å².